The van der Waals surface area contributed by atoms with Gasteiger partial charge < -0.3 is 10.5 Å². The molecular formula is C12H11FN4O3. The van der Waals surface area contributed by atoms with E-state index in [9.17, 15) is 14.0 Å². The topological polar surface area (TPSA) is 108 Å². The van der Waals surface area contributed by atoms with Gasteiger partial charge in [-0.2, -0.15) is 0 Å². The highest BCUT2D eigenvalue weighted by atomic mass is 19.1. The van der Waals surface area contributed by atoms with Crippen molar-refractivity contribution in [1.82, 2.24) is 15.0 Å². The number of nitrogens with two attached hydrogens (primary N) is 1. The fourth-order valence-corrected chi connectivity index (χ4v) is 1.04. The van der Waals surface area contributed by atoms with Gasteiger partial charge in [0.1, 0.15) is 0 Å². The summed E-state index contributed by atoms with van der Waals surface area (Å²) < 4.78 is 17.2. The van der Waals surface area contributed by atoms with E-state index in [0.717, 1.165) is 6.20 Å². The van der Waals surface area contributed by atoms with Gasteiger partial charge in [0.05, 0.1) is 24.4 Å². The van der Waals surface area contributed by atoms with Crippen molar-refractivity contribution in [3.63, 3.8) is 0 Å². The third kappa shape index (κ3) is 4.41. The van der Waals surface area contributed by atoms with Crippen molar-refractivity contribution in [2.24, 2.45) is 0 Å². The molecule has 20 heavy (non-hydrogen) atoms. The van der Waals surface area contributed by atoms with Gasteiger partial charge in [0.25, 0.3) is 0 Å². The zero-order valence-corrected chi connectivity index (χ0v) is 10.5. The van der Waals surface area contributed by atoms with Crippen LogP contribution in [-0.4, -0.2) is 34.6 Å². The van der Waals surface area contributed by atoms with Gasteiger partial charge in [0.2, 0.25) is 11.8 Å². The molecule has 0 saturated carbocycles. The Morgan fingerprint density at radius 1 is 1.15 bits per heavy atom. The number of hydrogen-bond acceptors (Lipinski definition) is 7. The van der Waals surface area contributed by atoms with Crippen molar-refractivity contribution < 1.29 is 18.7 Å². The normalized spacial score (nSPS) is 9.10. The summed E-state index contributed by atoms with van der Waals surface area (Å²) in [6, 6.07) is 1.24. The molecule has 0 atom stereocenters. The maximum absolute atomic E-state index is 12.6. The van der Waals surface area contributed by atoms with E-state index >= 15 is 0 Å². The van der Waals surface area contributed by atoms with Gasteiger partial charge in [-0.3, -0.25) is 9.59 Å². The predicted molar refractivity (Wildman–Crippen MR) is 68.0 cm³/mol. The Labute approximate surface area is 113 Å². The summed E-state index contributed by atoms with van der Waals surface area (Å²) in [5.41, 5.74) is 5.53. The van der Waals surface area contributed by atoms with E-state index in [1.807, 2.05) is 0 Å². The molecule has 0 fully saturated rings. The van der Waals surface area contributed by atoms with Crippen molar-refractivity contribution in [3.05, 3.63) is 41.6 Å². The zero-order valence-electron chi connectivity index (χ0n) is 10.5. The number of nitrogen functional groups attached to an aromatic ring is 1. The highest BCUT2D eigenvalue weighted by molar-refractivity contribution is 5.75. The highest BCUT2D eigenvalue weighted by Gasteiger charge is 2.02. The quantitative estimate of drug-likeness (QED) is 0.831. The Bertz CT molecular complexity index is 590. The third-order valence-corrected chi connectivity index (χ3v) is 2.02. The minimum Gasteiger partial charge on any atom is -0.481 e. The van der Waals surface area contributed by atoms with Gasteiger partial charge in [-0.15, -0.1) is 0 Å². The fraction of sp³-hybridized carbons (Fsp3) is 0.0833. The molecule has 7 nitrogen and oxygen atoms in total. The predicted octanol–water partition coefficient (Wildman–Crippen LogP) is 0.913. The number of aromatic nitrogens is 3. The van der Waals surface area contributed by atoms with Crippen LogP contribution in [0.4, 0.5) is 10.3 Å². The van der Waals surface area contributed by atoms with E-state index in [2.05, 4.69) is 19.7 Å². The van der Waals surface area contributed by atoms with Gasteiger partial charge in [0, 0.05) is 18.5 Å². The first kappa shape index (κ1) is 15.2. The maximum atomic E-state index is 12.6. The molecule has 0 amide bonds. The molecular weight excluding hydrogens is 267 g/mol. The van der Waals surface area contributed by atoms with E-state index < -0.39 is 5.82 Å². The number of anilines is 1. The summed E-state index contributed by atoms with van der Waals surface area (Å²) in [4.78, 5) is 30.9. The number of nitrogens with zero attached hydrogens (tertiary/aromatic N) is 3. The van der Waals surface area contributed by atoms with Crippen molar-refractivity contribution in [2.45, 2.75) is 0 Å². The van der Waals surface area contributed by atoms with Crippen molar-refractivity contribution in [1.29, 1.82) is 0 Å². The second-order valence-corrected chi connectivity index (χ2v) is 3.36. The lowest BCUT2D eigenvalue weighted by Crippen LogP contribution is -1.94. The number of methoxy groups -OCH3 is 1. The average molecular weight is 278 g/mol. The summed E-state index contributed by atoms with van der Waals surface area (Å²) in [5.74, 6) is -0.227. The van der Waals surface area contributed by atoms with Crippen LogP contribution in [0.15, 0.2) is 24.7 Å². The van der Waals surface area contributed by atoms with Crippen LogP contribution in [0.1, 0.15) is 20.7 Å². The SMILES string of the molecule is COc1cc(C=O)c(F)cn1.Nc1ncc(C=O)cn1. The maximum Gasteiger partial charge on any atom is 0.219 e. The number of carbonyl (C=O) groups is 2. The van der Waals surface area contributed by atoms with Gasteiger partial charge in [-0.25, -0.2) is 19.3 Å². The molecule has 0 aromatic carbocycles. The molecule has 0 aliphatic heterocycles. The highest BCUT2D eigenvalue weighted by Crippen LogP contribution is 2.10. The summed E-state index contributed by atoms with van der Waals surface area (Å²) in [6.07, 6.45) is 4.77. The van der Waals surface area contributed by atoms with Crippen LogP contribution in [0.2, 0.25) is 0 Å². The molecule has 0 bridgehead atoms. The standard InChI is InChI=1S/C7H6FNO2.C5H5N3O/c1-11-7-2-5(4-10)6(8)3-9-7;6-5-7-1-4(3-9)2-8-5/h2-4H,1H3;1-3H,(H2,6,7,8). The van der Waals surface area contributed by atoms with Crippen molar-refractivity contribution in [2.75, 3.05) is 12.8 Å². The molecule has 0 spiro atoms. The van der Waals surface area contributed by atoms with Crippen LogP contribution in [0.3, 0.4) is 0 Å². The summed E-state index contributed by atoms with van der Waals surface area (Å²) in [7, 11) is 1.40. The second kappa shape index (κ2) is 7.52. The van der Waals surface area contributed by atoms with E-state index in [1.165, 1.54) is 25.6 Å². The number of hydrogen-bond donors (Lipinski definition) is 1. The first-order valence-corrected chi connectivity index (χ1v) is 5.28. The van der Waals surface area contributed by atoms with Crippen molar-refractivity contribution in [3.8, 4) is 5.88 Å². The Kier molecular flexibility index (Phi) is 5.70. The minimum absolute atomic E-state index is 0.0446. The molecule has 104 valence electrons. The molecule has 2 heterocycles. The van der Waals surface area contributed by atoms with E-state index in [-0.39, 0.29) is 17.4 Å². The molecule has 0 aliphatic rings. The van der Waals surface area contributed by atoms with Gasteiger partial charge >= 0.3 is 0 Å². The summed E-state index contributed by atoms with van der Waals surface area (Å²) >= 11 is 0. The Hall–Kier alpha value is -2.90. The smallest absolute Gasteiger partial charge is 0.219 e. The lowest BCUT2D eigenvalue weighted by molar-refractivity contribution is 0.111. The number of rotatable bonds is 3. The number of aldehydes is 2. The molecule has 0 saturated heterocycles. The molecule has 8 heteroatoms. The summed E-state index contributed by atoms with van der Waals surface area (Å²) in [6.45, 7) is 0. The molecule has 0 unspecified atom stereocenters. The molecule has 2 N–H and O–H groups in total. The number of ether oxygens (including phenoxy) is 1. The monoisotopic (exact) mass is 278 g/mol. The van der Waals surface area contributed by atoms with Gasteiger partial charge in [-0.1, -0.05) is 0 Å². The number of halogens is 1. The molecule has 2 aromatic rings. The molecule has 2 rings (SSSR count). The zero-order chi connectivity index (χ0) is 15.0. The van der Waals surface area contributed by atoms with Crippen LogP contribution in [0.5, 0.6) is 5.88 Å². The Balaban J connectivity index is 0.000000204. The summed E-state index contributed by atoms with van der Waals surface area (Å²) in [5, 5.41) is 0. The number of carbonyl (C=O) groups excluding carboxylic acids is 2. The molecule has 0 radical (unpaired) electrons. The lowest BCUT2D eigenvalue weighted by Gasteiger charge is -1.98. The third-order valence-electron chi connectivity index (χ3n) is 2.02. The Morgan fingerprint density at radius 3 is 2.30 bits per heavy atom. The second-order valence-electron chi connectivity index (χ2n) is 3.36. The van der Waals surface area contributed by atoms with Crippen LogP contribution >= 0.6 is 0 Å². The van der Waals surface area contributed by atoms with Crippen LogP contribution in [0.25, 0.3) is 0 Å². The fourth-order valence-electron chi connectivity index (χ4n) is 1.04. The first-order valence-electron chi connectivity index (χ1n) is 5.28. The number of pyridine rings is 1. The molecule has 2 aromatic heterocycles. The van der Waals surface area contributed by atoms with Crippen LogP contribution in [0, 0.1) is 5.82 Å². The van der Waals surface area contributed by atoms with E-state index in [1.54, 1.807) is 0 Å². The molecule has 0 aliphatic carbocycles. The van der Waals surface area contributed by atoms with Crippen LogP contribution in [-0.2, 0) is 0 Å². The van der Waals surface area contributed by atoms with E-state index in [0.29, 0.717) is 18.1 Å². The van der Waals surface area contributed by atoms with Gasteiger partial charge in [-0.05, 0) is 0 Å². The van der Waals surface area contributed by atoms with Crippen LogP contribution < -0.4 is 10.5 Å². The largest absolute Gasteiger partial charge is 0.481 e. The average Bonchev–Trinajstić information content (AvgIpc) is 2.49. The lowest BCUT2D eigenvalue weighted by atomic mass is 10.3. The minimum atomic E-state index is -0.638. The van der Waals surface area contributed by atoms with Crippen molar-refractivity contribution >= 4 is 18.5 Å². The Morgan fingerprint density at radius 2 is 1.80 bits per heavy atom. The van der Waals surface area contributed by atoms with E-state index in [4.69, 9.17) is 5.73 Å². The first-order chi connectivity index (χ1) is 9.60. The van der Waals surface area contributed by atoms with Gasteiger partial charge in [0.15, 0.2) is 18.4 Å².